The number of hydrogen-bond acceptors (Lipinski definition) is 5. The average Bonchev–Trinajstić information content (AvgIpc) is 3.20. The lowest BCUT2D eigenvalue weighted by Gasteiger charge is -2.22. The summed E-state index contributed by atoms with van der Waals surface area (Å²) < 4.78 is 32.4. The van der Waals surface area contributed by atoms with E-state index < -0.39 is 10.0 Å². The molecule has 1 amide bonds. The standard InChI is InChI=1S/C17H33N5O4S.HI/c1-2-18-17(20-14-16(23)22-9-4-5-10-22)19-8-12-27(24,25)21-13-15-7-3-6-11-26-15;/h15,21H,2-14H2,1H3,(H2,18,19,20);1H. The molecule has 0 aromatic rings. The van der Waals surface area contributed by atoms with Crippen molar-refractivity contribution < 1.29 is 17.9 Å². The van der Waals surface area contributed by atoms with Gasteiger partial charge in [0.15, 0.2) is 5.96 Å². The van der Waals surface area contributed by atoms with Crippen LogP contribution < -0.4 is 15.4 Å². The summed E-state index contributed by atoms with van der Waals surface area (Å²) in [7, 11) is -3.39. The van der Waals surface area contributed by atoms with E-state index in [0.717, 1.165) is 45.2 Å². The highest BCUT2D eigenvalue weighted by Crippen LogP contribution is 2.11. The summed E-state index contributed by atoms with van der Waals surface area (Å²) in [5, 5.41) is 6.01. The topological polar surface area (TPSA) is 112 Å². The Labute approximate surface area is 185 Å². The number of ether oxygens (including phenoxy) is 1. The fraction of sp³-hybridized carbons (Fsp3) is 0.882. The number of carbonyl (C=O) groups excluding carboxylic acids is 1. The van der Waals surface area contributed by atoms with E-state index in [1.807, 2.05) is 11.8 Å². The first kappa shape index (κ1) is 25.4. The second kappa shape index (κ2) is 13.5. The van der Waals surface area contributed by atoms with Gasteiger partial charge in [0.05, 0.1) is 11.9 Å². The van der Waals surface area contributed by atoms with Crippen LogP contribution in [0.2, 0.25) is 0 Å². The fourth-order valence-electron chi connectivity index (χ4n) is 3.12. The number of likely N-dealkylation sites (tertiary alicyclic amines) is 1. The van der Waals surface area contributed by atoms with Crippen molar-refractivity contribution in [1.82, 2.24) is 20.3 Å². The van der Waals surface area contributed by atoms with Gasteiger partial charge in [0.25, 0.3) is 0 Å². The number of aliphatic imine (C=N–C) groups is 1. The number of sulfonamides is 1. The molecule has 2 saturated heterocycles. The summed E-state index contributed by atoms with van der Waals surface area (Å²) in [6.07, 6.45) is 5.07. The first-order valence-corrected chi connectivity index (χ1v) is 11.5. The molecule has 2 rings (SSSR count). The summed E-state index contributed by atoms with van der Waals surface area (Å²) in [5.41, 5.74) is 0. The van der Waals surface area contributed by atoms with Crippen LogP contribution in [-0.4, -0.2) is 82.9 Å². The third-order valence-electron chi connectivity index (χ3n) is 4.64. The van der Waals surface area contributed by atoms with Crippen LogP contribution in [0.15, 0.2) is 4.99 Å². The molecule has 2 aliphatic rings. The summed E-state index contributed by atoms with van der Waals surface area (Å²) in [4.78, 5) is 18.1. The molecule has 1 unspecified atom stereocenters. The quantitative estimate of drug-likeness (QED) is 0.224. The number of rotatable bonds is 9. The smallest absolute Gasteiger partial charge is 0.244 e. The normalized spacial score (nSPS) is 20.5. The van der Waals surface area contributed by atoms with Crippen molar-refractivity contribution >= 4 is 45.9 Å². The number of halogens is 1. The van der Waals surface area contributed by atoms with Crippen LogP contribution in [-0.2, 0) is 19.6 Å². The van der Waals surface area contributed by atoms with E-state index in [1.165, 1.54) is 0 Å². The lowest BCUT2D eigenvalue weighted by Crippen LogP contribution is -2.43. The SMILES string of the molecule is CCNC(=NCC(=O)N1CCCC1)NCCS(=O)(=O)NCC1CCCCO1.I. The second-order valence-corrected chi connectivity index (χ2v) is 8.79. The zero-order valence-corrected chi connectivity index (χ0v) is 19.8. The van der Waals surface area contributed by atoms with Crippen molar-refractivity contribution in [2.75, 3.05) is 51.6 Å². The largest absolute Gasteiger partial charge is 0.377 e. The van der Waals surface area contributed by atoms with Crippen LogP contribution in [0.5, 0.6) is 0 Å². The predicted molar refractivity (Wildman–Crippen MR) is 121 cm³/mol. The maximum Gasteiger partial charge on any atom is 0.244 e. The summed E-state index contributed by atoms with van der Waals surface area (Å²) in [6.45, 7) is 5.45. The summed E-state index contributed by atoms with van der Waals surface area (Å²) in [6, 6.07) is 0. The van der Waals surface area contributed by atoms with E-state index in [2.05, 4.69) is 20.3 Å². The third kappa shape index (κ3) is 9.70. The molecule has 28 heavy (non-hydrogen) atoms. The zero-order chi connectivity index (χ0) is 19.5. The highest BCUT2D eigenvalue weighted by Gasteiger charge is 2.19. The van der Waals surface area contributed by atoms with Gasteiger partial charge >= 0.3 is 0 Å². The molecule has 1 atom stereocenters. The van der Waals surface area contributed by atoms with Crippen molar-refractivity contribution in [2.24, 2.45) is 4.99 Å². The van der Waals surface area contributed by atoms with Gasteiger partial charge < -0.3 is 20.3 Å². The Balaban J connectivity index is 0.00000392. The molecule has 2 aliphatic heterocycles. The lowest BCUT2D eigenvalue weighted by molar-refractivity contribution is -0.128. The van der Waals surface area contributed by atoms with Gasteiger partial charge in [0.2, 0.25) is 15.9 Å². The molecule has 2 fully saturated rings. The van der Waals surface area contributed by atoms with Crippen LogP contribution in [0.1, 0.15) is 39.0 Å². The van der Waals surface area contributed by atoms with E-state index in [0.29, 0.717) is 25.7 Å². The van der Waals surface area contributed by atoms with Gasteiger partial charge in [-0.2, -0.15) is 0 Å². The first-order chi connectivity index (χ1) is 13.0. The van der Waals surface area contributed by atoms with E-state index in [1.54, 1.807) is 0 Å². The van der Waals surface area contributed by atoms with Crippen LogP contribution in [0, 0.1) is 0 Å². The van der Waals surface area contributed by atoms with Crippen LogP contribution in [0.25, 0.3) is 0 Å². The van der Waals surface area contributed by atoms with Crippen LogP contribution in [0.3, 0.4) is 0 Å². The van der Waals surface area contributed by atoms with Gasteiger partial charge in [-0.1, -0.05) is 0 Å². The minimum Gasteiger partial charge on any atom is -0.377 e. The van der Waals surface area contributed by atoms with Gasteiger partial charge in [0, 0.05) is 39.3 Å². The van der Waals surface area contributed by atoms with E-state index in [4.69, 9.17) is 4.74 Å². The Bertz CT molecular complexity index is 590. The van der Waals surface area contributed by atoms with Gasteiger partial charge in [-0.15, -0.1) is 24.0 Å². The summed E-state index contributed by atoms with van der Waals surface area (Å²) in [5.74, 6) is 0.395. The Morgan fingerprint density at radius 3 is 2.57 bits per heavy atom. The first-order valence-electron chi connectivity index (χ1n) is 9.89. The minimum absolute atomic E-state index is 0. The highest BCUT2D eigenvalue weighted by molar-refractivity contribution is 14.0. The van der Waals surface area contributed by atoms with Crippen LogP contribution >= 0.6 is 24.0 Å². The summed E-state index contributed by atoms with van der Waals surface area (Å²) >= 11 is 0. The number of hydrogen-bond donors (Lipinski definition) is 3. The maximum absolute atomic E-state index is 12.1. The van der Waals surface area contributed by atoms with Crippen molar-refractivity contribution in [3.63, 3.8) is 0 Å². The molecule has 9 nitrogen and oxygen atoms in total. The van der Waals surface area contributed by atoms with E-state index >= 15 is 0 Å². The molecule has 0 aromatic heterocycles. The minimum atomic E-state index is -3.39. The number of amides is 1. The number of guanidine groups is 1. The monoisotopic (exact) mass is 531 g/mol. The van der Waals surface area contributed by atoms with Crippen molar-refractivity contribution in [3.8, 4) is 0 Å². The molecule has 0 radical (unpaired) electrons. The lowest BCUT2D eigenvalue weighted by atomic mass is 10.1. The highest BCUT2D eigenvalue weighted by atomic mass is 127. The number of nitrogens with one attached hydrogen (secondary N) is 3. The maximum atomic E-state index is 12.1. The molecule has 3 N–H and O–H groups in total. The number of carbonyl (C=O) groups is 1. The molecule has 0 aromatic carbocycles. The molecule has 0 spiro atoms. The predicted octanol–water partition coefficient (Wildman–Crippen LogP) is 0.270. The Kier molecular flexibility index (Phi) is 12.3. The Morgan fingerprint density at radius 2 is 1.93 bits per heavy atom. The van der Waals surface area contributed by atoms with Crippen molar-refractivity contribution in [2.45, 2.75) is 45.1 Å². The molecule has 0 saturated carbocycles. The van der Waals surface area contributed by atoms with Crippen LogP contribution in [0.4, 0.5) is 0 Å². The molecule has 0 bridgehead atoms. The van der Waals surface area contributed by atoms with Gasteiger partial charge in [0.1, 0.15) is 6.54 Å². The molecule has 0 aliphatic carbocycles. The van der Waals surface area contributed by atoms with Gasteiger partial charge in [-0.3, -0.25) is 4.79 Å². The van der Waals surface area contributed by atoms with E-state index in [-0.39, 0.29) is 54.8 Å². The third-order valence-corrected chi connectivity index (χ3v) is 5.99. The van der Waals surface area contributed by atoms with Crippen molar-refractivity contribution in [1.29, 1.82) is 0 Å². The molecular weight excluding hydrogens is 497 g/mol. The average molecular weight is 531 g/mol. The Morgan fingerprint density at radius 1 is 1.18 bits per heavy atom. The number of nitrogens with zero attached hydrogens (tertiary/aromatic N) is 2. The Hall–Kier alpha value is -0.660. The van der Waals surface area contributed by atoms with E-state index in [9.17, 15) is 13.2 Å². The zero-order valence-electron chi connectivity index (χ0n) is 16.6. The molecule has 2 heterocycles. The second-order valence-electron chi connectivity index (χ2n) is 6.87. The van der Waals surface area contributed by atoms with Gasteiger partial charge in [-0.05, 0) is 39.0 Å². The molecule has 11 heteroatoms. The van der Waals surface area contributed by atoms with Crippen molar-refractivity contribution in [3.05, 3.63) is 0 Å². The fourth-order valence-corrected chi connectivity index (χ4v) is 4.07. The molecular formula is C17H34IN5O4S. The van der Waals surface area contributed by atoms with Gasteiger partial charge in [-0.25, -0.2) is 18.1 Å². The molecule has 164 valence electrons.